The van der Waals surface area contributed by atoms with Crippen LogP contribution in [0.15, 0.2) is 6.33 Å². The Morgan fingerprint density at radius 1 is 1.53 bits per heavy atom. The van der Waals surface area contributed by atoms with E-state index in [4.69, 9.17) is 5.11 Å². The van der Waals surface area contributed by atoms with Gasteiger partial charge in [0.2, 0.25) is 0 Å². The van der Waals surface area contributed by atoms with E-state index >= 15 is 0 Å². The third-order valence-electron chi connectivity index (χ3n) is 2.19. The van der Waals surface area contributed by atoms with Gasteiger partial charge in [0, 0.05) is 14.0 Å². The molecule has 0 radical (unpaired) electrons. The minimum atomic E-state index is -1.22. The van der Waals surface area contributed by atoms with Gasteiger partial charge in [0.05, 0.1) is 6.54 Å². The summed E-state index contributed by atoms with van der Waals surface area (Å²) in [6.07, 6.45) is 1.56. The van der Waals surface area contributed by atoms with Gasteiger partial charge in [0.15, 0.2) is 22.4 Å². The Labute approximate surface area is 112 Å². The molecular formula is C10H11N5O3S. The molecule has 0 atom stereocenters. The molecular weight excluding hydrogens is 270 g/mol. The fourth-order valence-electron chi connectivity index (χ4n) is 1.40. The first-order valence-corrected chi connectivity index (χ1v) is 6.12. The SMILES string of the molecule is CC(=O)c1sc(NCc2ncn(C)n2)nc1C(=O)O. The Balaban J connectivity index is 2.15. The lowest BCUT2D eigenvalue weighted by Gasteiger charge is -1.96. The molecule has 2 rings (SSSR count). The third-order valence-corrected chi connectivity index (χ3v) is 3.31. The number of carboxylic acids is 1. The molecule has 0 spiro atoms. The molecule has 9 heteroatoms. The Morgan fingerprint density at radius 3 is 2.74 bits per heavy atom. The zero-order valence-electron chi connectivity index (χ0n) is 10.2. The molecule has 100 valence electrons. The number of carboxylic acid groups (broad SMARTS) is 1. The number of Topliss-reactive ketones (excluding diaryl/α,β-unsaturated/α-hetero) is 1. The average molecular weight is 281 g/mol. The van der Waals surface area contributed by atoms with Crippen LogP contribution in [-0.2, 0) is 13.6 Å². The molecule has 0 aliphatic carbocycles. The van der Waals surface area contributed by atoms with E-state index in [0.717, 1.165) is 11.3 Å². The number of aryl methyl sites for hydroxylation is 1. The zero-order chi connectivity index (χ0) is 14.0. The summed E-state index contributed by atoms with van der Waals surface area (Å²) in [5.41, 5.74) is -0.228. The molecule has 0 amide bonds. The predicted octanol–water partition coefficient (Wildman–Crippen LogP) is 0.784. The van der Waals surface area contributed by atoms with E-state index in [0.29, 0.717) is 17.5 Å². The number of aromatic nitrogens is 4. The number of carbonyl (C=O) groups excluding carboxylic acids is 1. The summed E-state index contributed by atoms with van der Waals surface area (Å²) in [7, 11) is 1.75. The number of ketones is 1. The van der Waals surface area contributed by atoms with Gasteiger partial charge in [-0.1, -0.05) is 11.3 Å². The fourth-order valence-corrected chi connectivity index (χ4v) is 2.25. The van der Waals surface area contributed by atoms with Crippen LogP contribution in [0.4, 0.5) is 5.13 Å². The lowest BCUT2D eigenvalue weighted by molar-refractivity contribution is 0.0687. The number of hydrogen-bond acceptors (Lipinski definition) is 7. The van der Waals surface area contributed by atoms with Crippen LogP contribution in [0.3, 0.4) is 0 Å². The van der Waals surface area contributed by atoms with Crippen molar-refractivity contribution in [3.8, 4) is 0 Å². The van der Waals surface area contributed by atoms with Crippen LogP contribution in [0.5, 0.6) is 0 Å². The highest BCUT2D eigenvalue weighted by molar-refractivity contribution is 7.17. The second-order valence-corrected chi connectivity index (χ2v) is 4.75. The van der Waals surface area contributed by atoms with Gasteiger partial charge in [0.25, 0.3) is 0 Å². The summed E-state index contributed by atoms with van der Waals surface area (Å²) in [5, 5.41) is 16.3. The topological polar surface area (TPSA) is 110 Å². The maximum Gasteiger partial charge on any atom is 0.356 e. The molecule has 2 aromatic heterocycles. The minimum absolute atomic E-state index is 0.129. The van der Waals surface area contributed by atoms with Crippen LogP contribution < -0.4 is 5.32 Å². The van der Waals surface area contributed by atoms with E-state index in [-0.39, 0.29) is 16.4 Å². The minimum Gasteiger partial charge on any atom is -0.476 e. The number of anilines is 1. The summed E-state index contributed by atoms with van der Waals surface area (Å²) in [6.45, 7) is 1.62. The molecule has 2 heterocycles. The predicted molar refractivity (Wildman–Crippen MR) is 67.4 cm³/mol. The smallest absolute Gasteiger partial charge is 0.356 e. The van der Waals surface area contributed by atoms with Crippen molar-refractivity contribution in [2.24, 2.45) is 7.05 Å². The Kier molecular flexibility index (Phi) is 3.56. The Morgan fingerprint density at radius 2 is 2.26 bits per heavy atom. The van der Waals surface area contributed by atoms with Crippen molar-refractivity contribution >= 4 is 28.2 Å². The first-order chi connectivity index (χ1) is 8.97. The quantitative estimate of drug-likeness (QED) is 0.779. The van der Waals surface area contributed by atoms with Crippen molar-refractivity contribution in [2.75, 3.05) is 5.32 Å². The number of aromatic carboxylic acids is 1. The lowest BCUT2D eigenvalue weighted by atomic mass is 10.3. The van der Waals surface area contributed by atoms with E-state index in [1.807, 2.05) is 0 Å². The van der Waals surface area contributed by atoms with E-state index in [1.165, 1.54) is 6.92 Å². The number of hydrogen-bond donors (Lipinski definition) is 2. The summed E-state index contributed by atoms with van der Waals surface area (Å²) < 4.78 is 1.56. The van der Waals surface area contributed by atoms with Crippen molar-refractivity contribution in [2.45, 2.75) is 13.5 Å². The molecule has 0 aromatic carbocycles. The van der Waals surface area contributed by atoms with Crippen LogP contribution in [-0.4, -0.2) is 36.6 Å². The highest BCUT2D eigenvalue weighted by Crippen LogP contribution is 2.23. The molecule has 0 aliphatic rings. The zero-order valence-corrected chi connectivity index (χ0v) is 11.1. The van der Waals surface area contributed by atoms with Crippen molar-refractivity contribution in [3.63, 3.8) is 0 Å². The van der Waals surface area contributed by atoms with Crippen LogP contribution >= 0.6 is 11.3 Å². The van der Waals surface area contributed by atoms with Crippen molar-refractivity contribution in [1.29, 1.82) is 0 Å². The second kappa shape index (κ2) is 5.14. The number of carbonyl (C=O) groups is 2. The van der Waals surface area contributed by atoms with Gasteiger partial charge < -0.3 is 10.4 Å². The lowest BCUT2D eigenvalue weighted by Crippen LogP contribution is -2.05. The van der Waals surface area contributed by atoms with E-state index in [9.17, 15) is 9.59 Å². The van der Waals surface area contributed by atoms with Crippen molar-refractivity contribution < 1.29 is 14.7 Å². The van der Waals surface area contributed by atoms with Gasteiger partial charge in [-0.05, 0) is 0 Å². The van der Waals surface area contributed by atoms with Crippen LogP contribution in [0, 0.1) is 0 Å². The first kappa shape index (κ1) is 13.1. The van der Waals surface area contributed by atoms with Gasteiger partial charge in [-0.25, -0.2) is 14.8 Å². The van der Waals surface area contributed by atoms with Crippen molar-refractivity contribution in [1.82, 2.24) is 19.7 Å². The number of nitrogens with one attached hydrogen (secondary N) is 1. The molecule has 0 saturated carbocycles. The number of rotatable bonds is 5. The maximum absolute atomic E-state index is 11.3. The third kappa shape index (κ3) is 2.94. The molecule has 19 heavy (non-hydrogen) atoms. The average Bonchev–Trinajstić information content (AvgIpc) is 2.92. The van der Waals surface area contributed by atoms with Gasteiger partial charge in [0.1, 0.15) is 11.2 Å². The van der Waals surface area contributed by atoms with Crippen molar-refractivity contribution in [3.05, 3.63) is 22.7 Å². The van der Waals surface area contributed by atoms with Crippen LogP contribution in [0.1, 0.15) is 32.9 Å². The fraction of sp³-hybridized carbons (Fsp3) is 0.300. The number of thiazole rings is 1. The largest absolute Gasteiger partial charge is 0.476 e. The van der Waals surface area contributed by atoms with E-state index < -0.39 is 5.97 Å². The van der Waals surface area contributed by atoms with Gasteiger partial charge in [-0.15, -0.1) is 0 Å². The first-order valence-electron chi connectivity index (χ1n) is 5.31. The Bertz CT molecular complexity index is 601. The second-order valence-electron chi connectivity index (χ2n) is 3.75. The van der Waals surface area contributed by atoms with Gasteiger partial charge in [-0.2, -0.15) is 5.10 Å². The van der Waals surface area contributed by atoms with Crippen LogP contribution in [0.2, 0.25) is 0 Å². The standard InChI is InChI=1S/C10H11N5O3S/c1-5(16)8-7(9(17)18)13-10(19-8)11-3-6-12-4-15(2)14-6/h4H,3H2,1-2H3,(H,11,13)(H,17,18). The molecule has 0 fully saturated rings. The molecule has 0 saturated heterocycles. The van der Waals surface area contributed by atoms with Gasteiger partial charge >= 0.3 is 5.97 Å². The summed E-state index contributed by atoms with van der Waals surface area (Å²) in [5.74, 6) is -0.983. The monoisotopic (exact) mass is 281 g/mol. The maximum atomic E-state index is 11.3. The van der Waals surface area contributed by atoms with Gasteiger partial charge in [-0.3, -0.25) is 9.48 Å². The molecule has 0 bridgehead atoms. The normalized spacial score (nSPS) is 10.4. The van der Waals surface area contributed by atoms with E-state index in [2.05, 4.69) is 20.4 Å². The Hall–Kier alpha value is -2.29. The van der Waals surface area contributed by atoms with E-state index in [1.54, 1.807) is 18.1 Å². The molecule has 8 nitrogen and oxygen atoms in total. The molecule has 2 N–H and O–H groups in total. The summed E-state index contributed by atoms with van der Waals surface area (Å²) in [6, 6.07) is 0. The molecule has 0 unspecified atom stereocenters. The summed E-state index contributed by atoms with van der Waals surface area (Å²) >= 11 is 1.01. The summed E-state index contributed by atoms with van der Waals surface area (Å²) in [4.78, 5) is 30.3. The molecule has 2 aromatic rings. The van der Waals surface area contributed by atoms with Crippen LogP contribution in [0.25, 0.3) is 0 Å². The highest BCUT2D eigenvalue weighted by atomic mass is 32.1. The molecule has 0 aliphatic heterocycles. The highest BCUT2D eigenvalue weighted by Gasteiger charge is 2.20. The number of nitrogens with zero attached hydrogens (tertiary/aromatic N) is 4.